The van der Waals surface area contributed by atoms with Gasteiger partial charge in [0.05, 0.1) is 25.8 Å². The summed E-state index contributed by atoms with van der Waals surface area (Å²) in [5, 5.41) is -0.480. The quantitative estimate of drug-likeness (QED) is 0.305. The summed E-state index contributed by atoms with van der Waals surface area (Å²) in [6.07, 6.45) is 1.64. The highest BCUT2D eigenvalue weighted by atomic mass is 127. The number of rotatable bonds is 5. The molecule has 1 fully saturated rings. The van der Waals surface area contributed by atoms with E-state index in [1.54, 1.807) is 6.08 Å². The fraction of sp³-hybridized carbons (Fsp3) is 0.267. The van der Waals surface area contributed by atoms with Crippen molar-refractivity contribution in [3.8, 4) is 5.75 Å². The Morgan fingerprint density at radius 3 is 2.46 bits per heavy atom. The number of hydrogen-bond acceptors (Lipinski definition) is 6. The number of nitrogens with zero attached hydrogens (tertiary/aromatic N) is 1. The second-order valence-electron chi connectivity index (χ2n) is 4.59. The van der Waals surface area contributed by atoms with E-state index in [4.69, 9.17) is 4.74 Å². The van der Waals surface area contributed by atoms with Gasteiger partial charge >= 0.3 is 5.97 Å². The summed E-state index contributed by atoms with van der Waals surface area (Å²) in [5.74, 6) is -0.326. The highest BCUT2D eigenvalue weighted by Crippen LogP contribution is 2.34. The zero-order chi connectivity index (χ0) is 17.9. The number of methoxy groups -OCH3 is 1. The maximum atomic E-state index is 12.3. The molecule has 1 aliphatic heterocycles. The van der Waals surface area contributed by atoms with E-state index in [0.717, 1.165) is 35.1 Å². The Bertz CT molecular complexity index is 712. The molecule has 1 aliphatic rings. The van der Waals surface area contributed by atoms with E-state index in [0.29, 0.717) is 6.61 Å². The van der Waals surface area contributed by atoms with Crippen LogP contribution in [0.25, 0.3) is 6.08 Å². The minimum Gasteiger partial charge on any atom is -0.492 e. The molecule has 0 spiro atoms. The zero-order valence-corrected chi connectivity index (χ0v) is 17.9. The standard InChI is InChI=1S/C15H13I2NO5S/c1-3-23-13-9(16)4-8(5-10(13)17)6-11-14(20)18(15(21)24-11)7-12(19)22-2/h4-6H,3,7H2,1-2H3/b11-6-. The number of halogens is 2. The molecule has 2 rings (SSSR count). The molecule has 24 heavy (non-hydrogen) atoms. The predicted octanol–water partition coefficient (Wildman–Crippen LogP) is 3.50. The molecular weight excluding hydrogens is 560 g/mol. The summed E-state index contributed by atoms with van der Waals surface area (Å²) >= 11 is 5.14. The van der Waals surface area contributed by atoms with E-state index in [-0.39, 0.29) is 11.4 Å². The molecule has 0 bridgehead atoms. The number of imide groups is 1. The van der Waals surface area contributed by atoms with Gasteiger partial charge in [0, 0.05) is 0 Å². The topological polar surface area (TPSA) is 72.9 Å². The predicted molar refractivity (Wildman–Crippen MR) is 108 cm³/mol. The van der Waals surface area contributed by atoms with Crippen molar-refractivity contribution in [2.24, 2.45) is 0 Å². The number of carbonyl (C=O) groups is 3. The first-order chi connectivity index (χ1) is 11.4. The lowest BCUT2D eigenvalue weighted by Gasteiger charge is -2.10. The second kappa shape index (κ2) is 8.52. The lowest BCUT2D eigenvalue weighted by Crippen LogP contribution is -2.34. The van der Waals surface area contributed by atoms with Crippen LogP contribution in [0.2, 0.25) is 0 Å². The van der Waals surface area contributed by atoms with Gasteiger partial charge in [-0.05, 0) is 87.6 Å². The Hall–Kier alpha value is -0.820. The molecule has 0 N–H and O–H groups in total. The Balaban J connectivity index is 2.27. The summed E-state index contributed by atoms with van der Waals surface area (Å²) in [6.45, 7) is 2.10. The summed E-state index contributed by atoms with van der Waals surface area (Å²) in [4.78, 5) is 36.7. The number of benzene rings is 1. The van der Waals surface area contributed by atoms with Crippen LogP contribution in [-0.2, 0) is 14.3 Å². The molecular formula is C15H13I2NO5S. The highest BCUT2D eigenvalue weighted by molar-refractivity contribution is 14.1. The summed E-state index contributed by atoms with van der Waals surface area (Å²) in [7, 11) is 1.21. The number of esters is 1. The molecule has 0 atom stereocenters. The Morgan fingerprint density at radius 2 is 1.92 bits per heavy atom. The first kappa shape index (κ1) is 19.5. The molecule has 1 aromatic rings. The summed E-state index contributed by atoms with van der Waals surface area (Å²) < 4.78 is 11.9. The van der Waals surface area contributed by atoms with Gasteiger partial charge in [-0.1, -0.05) is 0 Å². The van der Waals surface area contributed by atoms with Gasteiger partial charge in [-0.25, -0.2) is 0 Å². The Morgan fingerprint density at radius 1 is 1.29 bits per heavy atom. The van der Waals surface area contributed by atoms with Crippen LogP contribution in [0, 0.1) is 7.14 Å². The van der Waals surface area contributed by atoms with Crippen molar-refractivity contribution in [3.05, 3.63) is 29.7 Å². The second-order valence-corrected chi connectivity index (χ2v) is 7.91. The molecule has 9 heteroatoms. The fourth-order valence-corrected chi connectivity index (χ4v) is 4.89. The molecule has 0 saturated carbocycles. The molecule has 1 heterocycles. The van der Waals surface area contributed by atoms with Crippen molar-refractivity contribution in [2.75, 3.05) is 20.3 Å². The molecule has 0 aromatic heterocycles. The molecule has 2 amide bonds. The first-order valence-electron chi connectivity index (χ1n) is 6.81. The monoisotopic (exact) mass is 573 g/mol. The van der Waals surface area contributed by atoms with Crippen LogP contribution in [0.15, 0.2) is 17.0 Å². The van der Waals surface area contributed by atoms with Crippen LogP contribution in [0.1, 0.15) is 12.5 Å². The number of hydrogen-bond donors (Lipinski definition) is 0. The Kier molecular flexibility index (Phi) is 6.92. The smallest absolute Gasteiger partial charge is 0.325 e. The van der Waals surface area contributed by atoms with E-state index in [1.165, 1.54) is 7.11 Å². The van der Waals surface area contributed by atoms with E-state index in [1.807, 2.05) is 19.1 Å². The fourth-order valence-electron chi connectivity index (χ4n) is 1.93. The van der Waals surface area contributed by atoms with Gasteiger partial charge < -0.3 is 9.47 Å². The van der Waals surface area contributed by atoms with Crippen molar-refractivity contribution >= 4 is 80.1 Å². The van der Waals surface area contributed by atoms with Gasteiger partial charge in [0.25, 0.3) is 11.1 Å². The summed E-state index contributed by atoms with van der Waals surface area (Å²) in [6, 6.07) is 3.75. The molecule has 0 aliphatic carbocycles. The van der Waals surface area contributed by atoms with Crippen LogP contribution < -0.4 is 4.74 Å². The molecule has 1 aromatic carbocycles. The lowest BCUT2D eigenvalue weighted by molar-refractivity contribution is -0.143. The van der Waals surface area contributed by atoms with E-state index < -0.39 is 17.1 Å². The molecule has 6 nitrogen and oxygen atoms in total. The van der Waals surface area contributed by atoms with Gasteiger partial charge in [-0.15, -0.1) is 0 Å². The van der Waals surface area contributed by atoms with Crippen LogP contribution in [0.3, 0.4) is 0 Å². The van der Waals surface area contributed by atoms with Crippen molar-refractivity contribution < 1.29 is 23.9 Å². The maximum Gasteiger partial charge on any atom is 0.325 e. The summed E-state index contributed by atoms with van der Waals surface area (Å²) in [5.41, 5.74) is 0.788. The zero-order valence-electron chi connectivity index (χ0n) is 12.8. The average molecular weight is 573 g/mol. The normalized spacial score (nSPS) is 16.0. The van der Waals surface area contributed by atoms with Gasteiger partial charge in [0.2, 0.25) is 0 Å². The van der Waals surface area contributed by atoms with Crippen molar-refractivity contribution in [1.29, 1.82) is 0 Å². The van der Waals surface area contributed by atoms with Crippen molar-refractivity contribution in [3.63, 3.8) is 0 Å². The highest BCUT2D eigenvalue weighted by Gasteiger charge is 2.36. The molecule has 128 valence electrons. The van der Waals surface area contributed by atoms with Gasteiger partial charge in [0.15, 0.2) is 0 Å². The van der Waals surface area contributed by atoms with Crippen LogP contribution >= 0.6 is 56.9 Å². The minimum absolute atomic E-state index is 0.277. The lowest BCUT2D eigenvalue weighted by atomic mass is 10.2. The molecule has 1 saturated heterocycles. The number of ether oxygens (including phenoxy) is 2. The van der Waals surface area contributed by atoms with Crippen LogP contribution in [0.4, 0.5) is 4.79 Å². The molecule has 0 radical (unpaired) electrons. The maximum absolute atomic E-state index is 12.3. The largest absolute Gasteiger partial charge is 0.492 e. The van der Waals surface area contributed by atoms with Crippen LogP contribution in [0.5, 0.6) is 5.75 Å². The number of thioether (sulfide) groups is 1. The third kappa shape index (κ3) is 4.42. The van der Waals surface area contributed by atoms with Crippen LogP contribution in [-0.4, -0.2) is 42.3 Å². The number of carbonyl (C=O) groups excluding carboxylic acids is 3. The number of amides is 2. The SMILES string of the molecule is CCOc1c(I)cc(/C=C2\SC(=O)N(CC(=O)OC)C2=O)cc1I. The first-order valence-corrected chi connectivity index (χ1v) is 9.78. The van der Waals surface area contributed by atoms with E-state index in [2.05, 4.69) is 49.9 Å². The van der Waals surface area contributed by atoms with Crippen molar-refractivity contribution in [1.82, 2.24) is 4.90 Å². The minimum atomic E-state index is -0.635. The van der Waals surface area contributed by atoms with Gasteiger partial charge in [-0.3, -0.25) is 19.3 Å². The van der Waals surface area contributed by atoms with Crippen molar-refractivity contribution in [2.45, 2.75) is 6.92 Å². The van der Waals surface area contributed by atoms with Gasteiger partial charge in [0.1, 0.15) is 12.3 Å². The van der Waals surface area contributed by atoms with Gasteiger partial charge in [-0.2, -0.15) is 0 Å². The third-order valence-electron chi connectivity index (χ3n) is 3.00. The third-order valence-corrected chi connectivity index (χ3v) is 5.51. The molecule has 0 unspecified atom stereocenters. The van der Waals surface area contributed by atoms with E-state index in [9.17, 15) is 14.4 Å². The Labute approximate surface area is 170 Å². The average Bonchev–Trinajstić information content (AvgIpc) is 2.78. The van der Waals surface area contributed by atoms with E-state index >= 15 is 0 Å².